The predicted octanol–water partition coefficient (Wildman–Crippen LogP) is 3.10. The third-order valence-corrected chi connectivity index (χ3v) is 4.01. The van der Waals surface area contributed by atoms with Crippen molar-refractivity contribution < 1.29 is 14.0 Å². The number of anilines is 1. The Morgan fingerprint density at radius 1 is 1.08 bits per heavy atom. The Morgan fingerprint density at radius 2 is 1.69 bits per heavy atom. The fraction of sp³-hybridized carbons (Fsp3) is 0.263. The summed E-state index contributed by atoms with van der Waals surface area (Å²) in [6.45, 7) is 3.63. The zero-order valence-electron chi connectivity index (χ0n) is 14.7. The number of halogens is 2. The van der Waals surface area contributed by atoms with E-state index in [9.17, 15) is 14.0 Å². The lowest BCUT2D eigenvalue weighted by atomic mass is 10.0. The molecule has 2 aromatic rings. The molecular weight excluding hydrogens is 357 g/mol. The van der Waals surface area contributed by atoms with Crippen molar-refractivity contribution in [3.8, 4) is 0 Å². The molecule has 7 heteroatoms. The number of nitrogens with two attached hydrogens (primary N) is 1. The molecule has 2 unspecified atom stereocenters. The molecule has 2 aromatic carbocycles. The van der Waals surface area contributed by atoms with E-state index >= 15 is 0 Å². The van der Waals surface area contributed by atoms with Gasteiger partial charge < -0.3 is 16.4 Å². The number of rotatable bonds is 6. The van der Waals surface area contributed by atoms with Crippen molar-refractivity contribution in [2.45, 2.75) is 26.4 Å². The summed E-state index contributed by atoms with van der Waals surface area (Å²) in [6.07, 6.45) is 0. The van der Waals surface area contributed by atoms with E-state index < -0.39 is 0 Å². The molecule has 0 aliphatic carbocycles. The van der Waals surface area contributed by atoms with Crippen molar-refractivity contribution in [2.24, 2.45) is 11.7 Å². The minimum Gasteiger partial charge on any atom is -0.348 e. The molecule has 0 saturated heterocycles. The highest BCUT2D eigenvalue weighted by atomic mass is 35.5. The van der Waals surface area contributed by atoms with Gasteiger partial charge in [0.25, 0.3) is 5.91 Å². The minimum absolute atomic E-state index is 0. The van der Waals surface area contributed by atoms with Crippen LogP contribution in [0.2, 0.25) is 0 Å². The first kappa shape index (κ1) is 21.6. The lowest BCUT2D eigenvalue weighted by molar-refractivity contribution is -0.119. The van der Waals surface area contributed by atoms with Gasteiger partial charge in [-0.3, -0.25) is 9.59 Å². The Balaban J connectivity index is 0.00000338. The number of hydrogen-bond acceptors (Lipinski definition) is 3. The number of amides is 2. The van der Waals surface area contributed by atoms with Gasteiger partial charge in [0, 0.05) is 29.4 Å². The van der Waals surface area contributed by atoms with Gasteiger partial charge in [0.05, 0.1) is 5.92 Å². The van der Waals surface area contributed by atoms with Gasteiger partial charge in [0.2, 0.25) is 5.91 Å². The van der Waals surface area contributed by atoms with Gasteiger partial charge in [0.15, 0.2) is 0 Å². The molecule has 5 nitrogen and oxygen atoms in total. The lowest BCUT2D eigenvalue weighted by Gasteiger charge is -2.15. The van der Waals surface area contributed by atoms with Crippen molar-refractivity contribution in [2.75, 3.05) is 5.32 Å². The first-order chi connectivity index (χ1) is 11.9. The number of nitrogens with one attached hydrogen (secondary N) is 2. The van der Waals surface area contributed by atoms with Gasteiger partial charge in [-0.15, -0.1) is 12.4 Å². The molecule has 0 aliphatic heterocycles. The van der Waals surface area contributed by atoms with Crippen molar-refractivity contribution in [1.29, 1.82) is 0 Å². The first-order valence-corrected chi connectivity index (χ1v) is 8.06. The third kappa shape index (κ3) is 5.82. The molecule has 0 spiro atoms. The normalized spacial score (nSPS) is 12.5. The van der Waals surface area contributed by atoms with E-state index in [4.69, 9.17) is 5.73 Å². The van der Waals surface area contributed by atoms with Crippen LogP contribution in [-0.2, 0) is 11.3 Å². The Bertz CT molecular complexity index is 751. The summed E-state index contributed by atoms with van der Waals surface area (Å²) in [4.78, 5) is 24.1. The van der Waals surface area contributed by atoms with Crippen LogP contribution in [0.15, 0.2) is 48.5 Å². The molecule has 0 aliphatic rings. The SMILES string of the molecule is CC(N)C(C)C(=O)Nc1ccc(C(=O)NCc2ccccc2F)cc1.Cl. The van der Waals surface area contributed by atoms with Gasteiger partial charge >= 0.3 is 0 Å². The van der Waals surface area contributed by atoms with E-state index in [0.717, 1.165) is 0 Å². The summed E-state index contributed by atoms with van der Waals surface area (Å²) in [5.41, 5.74) is 7.14. The van der Waals surface area contributed by atoms with Crippen molar-refractivity contribution in [1.82, 2.24) is 5.32 Å². The van der Waals surface area contributed by atoms with Gasteiger partial charge in [-0.2, -0.15) is 0 Å². The highest BCUT2D eigenvalue weighted by Crippen LogP contribution is 2.12. The molecule has 2 atom stereocenters. The standard InChI is InChI=1S/C19H22FN3O2.ClH/c1-12(13(2)21)18(24)23-16-9-7-14(8-10-16)19(25)22-11-15-5-3-4-6-17(15)20;/h3-10,12-13H,11,21H2,1-2H3,(H,22,25)(H,23,24);1H. The largest absolute Gasteiger partial charge is 0.348 e. The zero-order chi connectivity index (χ0) is 18.4. The fourth-order valence-electron chi connectivity index (χ4n) is 2.12. The summed E-state index contributed by atoms with van der Waals surface area (Å²) in [6, 6.07) is 12.5. The zero-order valence-corrected chi connectivity index (χ0v) is 15.5. The van der Waals surface area contributed by atoms with Crippen molar-refractivity contribution in [3.05, 3.63) is 65.5 Å². The fourth-order valence-corrected chi connectivity index (χ4v) is 2.12. The number of benzene rings is 2. The molecule has 0 aromatic heterocycles. The van der Waals surface area contributed by atoms with Crippen LogP contribution < -0.4 is 16.4 Å². The molecule has 0 fully saturated rings. The molecule has 0 saturated carbocycles. The van der Waals surface area contributed by atoms with Crippen LogP contribution in [0, 0.1) is 11.7 Å². The molecule has 2 rings (SSSR count). The number of hydrogen-bond donors (Lipinski definition) is 3. The van der Waals surface area contributed by atoms with E-state index in [1.165, 1.54) is 6.07 Å². The molecular formula is C19H23ClFN3O2. The number of carbonyl (C=O) groups excluding carboxylic acids is 2. The number of carbonyl (C=O) groups is 2. The molecule has 0 bridgehead atoms. The van der Waals surface area contributed by atoms with E-state index in [2.05, 4.69) is 10.6 Å². The summed E-state index contributed by atoms with van der Waals surface area (Å²) in [5.74, 6) is -1.16. The van der Waals surface area contributed by atoms with E-state index in [1.807, 2.05) is 0 Å². The average Bonchev–Trinajstić information content (AvgIpc) is 2.60. The lowest BCUT2D eigenvalue weighted by Crippen LogP contribution is -2.34. The molecule has 140 valence electrons. The maximum atomic E-state index is 13.5. The van der Waals surface area contributed by atoms with E-state index in [0.29, 0.717) is 16.8 Å². The quantitative estimate of drug-likeness (QED) is 0.721. The molecule has 4 N–H and O–H groups in total. The summed E-state index contributed by atoms with van der Waals surface area (Å²) < 4.78 is 13.5. The topological polar surface area (TPSA) is 84.2 Å². The smallest absolute Gasteiger partial charge is 0.251 e. The van der Waals surface area contributed by atoms with Crippen molar-refractivity contribution in [3.63, 3.8) is 0 Å². The third-order valence-electron chi connectivity index (χ3n) is 4.01. The summed E-state index contributed by atoms with van der Waals surface area (Å²) in [5, 5.41) is 5.42. The van der Waals surface area contributed by atoms with Crippen LogP contribution in [0.4, 0.5) is 10.1 Å². The van der Waals surface area contributed by atoms with Crippen molar-refractivity contribution >= 4 is 29.9 Å². The van der Waals surface area contributed by atoms with Crippen LogP contribution in [0.25, 0.3) is 0 Å². The predicted molar refractivity (Wildman–Crippen MR) is 103 cm³/mol. The molecule has 26 heavy (non-hydrogen) atoms. The molecule has 0 heterocycles. The van der Waals surface area contributed by atoms with E-state index in [1.54, 1.807) is 56.3 Å². The van der Waals surface area contributed by atoms with E-state index in [-0.39, 0.29) is 48.5 Å². The Kier molecular flexibility index (Phi) is 8.22. The van der Waals surface area contributed by atoms with Gasteiger partial charge in [-0.25, -0.2) is 4.39 Å². The second-order valence-corrected chi connectivity index (χ2v) is 5.99. The minimum atomic E-state index is -0.357. The maximum Gasteiger partial charge on any atom is 0.251 e. The van der Waals surface area contributed by atoms with Crippen LogP contribution in [0.1, 0.15) is 29.8 Å². The van der Waals surface area contributed by atoms with Crippen LogP contribution >= 0.6 is 12.4 Å². The summed E-state index contributed by atoms with van der Waals surface area (Å²) in [7, 11) is 0. The maximum absolute atomic E-state index is 13.5. The molecule has 2 amide bonds. The first-order valence-electron chi connectivity index (χ1n) is 8.06. The second-order valence-electron chi connectivity index (χ2n) is 5.99. The second kappa shape index (κ2) is 9.89. The van der Waals surface area contributed by atoms with Crippen LogP contribution in [0.3, 0.4) is 0 Å². The van der Waals surface area contributed by atoms with Crippen LogP contribution in [0.5, 0.6) is 0 Å². The Labute approximate surface area is 158 Å². The van der Waals surface area contributed by atoms with Crippen LogP contribution in [-0.4, -0.2) is 17.9 Å². The monoisotopic (exact) mass is 379 g/mol. The highest BCUT2D eigenvalue weighted by molar-refractivity contribution is 5.96. The Hall–Kier alpha value is -2.44. The molecule has 0 radical (unpaired) electrons. The highest BCUT2D eigenvalue weighted by Gasteiger charge is 2.17. The van der Waals surface area contributed by atoms with Gasteiger partial charge in [0.1, 0.15) is 5.82 Å². The van der Waals surface area contributed by atoms with Gasteiger partial charge in [-0.05, 0) is 37.3 Å². The average molecular weight is 380 g/mol. The van der Waals surface area contributed by atoms with Gasteiger partial charge in [-0.1, -0.05) is 25.1 Å². The summed E-state index contributed by atoms with van der Waals surface area (Å²) >= 11 is 0. The Morgan fingerprint density at radius 3 is 2.27 bits per heavy atom.